The molecule has 0 aliphatic heterocycles. The van der Waals surface area contributed by atoms with E-state index in [9.17, 15) is 19.8 Å². The lowest BCUT2D eigenvalue weighted by molar-refractivity contribution is 0.0691. The summed E-state index contributed by atoms with van der Waals surface area (Å²) in [6.45, 7) is 0. The number of benzene rings is 1. The lowest BCUT2D eigenvalue weighted by Gasteiger charge is -2.08. The Balaban J connectivity index is 2.25. The SMILES string of the molecule is COc1cc(C(=O)Nc2nc(C(=O)O)cs2)c(O)cc1O. The summed E-state index contributed by atoms with van der Waals surface area (Å²) in [5.41, 5.74) is -0.334. The minimum atomic E-state index is -1.21. The molecule has 1 aromatic carbocycles. The summed E-state index contributed by atoms with van der Waals surface area (Å²) >= 11 is 0.934. The van der Waals surface area contributed by atoms with Gasteiger partial charge in [0.15, 0.2) is 22.3 Å². The van der Waals surface area contributed by atoms with E-state index in [4.69, 9.17) is 9.84 Å². The molecule has 0 aliphatic rings. The van der Waals surface area contributed by atoms with Gasteiger partial charge >= 0.3 is 5.97 Å². The van der Waals surface area contributed by atoms with Crippen molar-refractivity contribution in [1.29, 1.82) is 0 Å². The predicted molar refractivity (Wildman–Crippen MR) is 73.4 cm³/mol. The second-order valence-corrected chi connectivity index (χ2v) is 4.70. The van der Waals surface area contributed by atoms with E-state index in [1.165, 1.54) is 12.5 Å². The molecule has 21 heavy (non-hydrogen) atoms. The molecule has 0 unspecified atom stereocenters. The Hall–Kier alpha value is -2.81. The minimum Gasteiger partial charge on any atom is -0.507 e. The van der Waals surface area contributed by atoms with Crippen molar-refractivity contribution in [2.45, 2.75) is 0 Å². The quantitative estimate of drug-likeness (QED) is 0.673. The number of nitrogens with zero attached hydrogens (tertiary/aromatic N) is 1. The van der Waals surface area contributed by atoms with Crippen molar-refractivity contribution in [3.63, 3.8) is 0 Å². The second kappa shape index (κ2) is 5.67. The molecule has 1 amide bonds. The Morgan fingerprint density at radius 3 is 2.57 bits per heavy atom. The molecule has 4 N–H and O–H groups in total. The van der Waals surface area contributed by atoms with E-state index in [0.717, 1.165) is 23.5 Å². The van der Waals surface area contributed by atoms with Crippen LogP contribution in [0.5, 0.6) is 17.2 Å². The maximum absolute atomic E-state index is 12.0. The van der Waals surface area contributed by atoms with Crippen molar-refractivity contribution in [3.05, 3.63) is 28.8 Å². The summed E-state index contributed by atoms with van der Waals surface area (Å²) in [6, 6.07) is 2.13. The van der Waals surface area contributed by atoms with Crippen LogP contribution in [0.4, 0.5) is 5.13 Å². The number of carboxylic acid groups (broad SMARTS) is 1. The fourth-order valence-corrected chi connectivity index (χ4v) is 2.18. The topological polar surface area (TPSA) is 129 Å². The Kier molecular flexibility index (Phi) is 3.94. The molecular weight excluding hydrogens is 300 g/mol. The summed E-state index contributed by atoms with van der Waals surface area (Å²) in [7, 11) is 1.30. The van der Waals surface area contributed by atoms with Gasteiger partial charge in [0.2, 0.25) is 0 Å². The Bertz CT molecular complexity index is 712. The summed E-state index contributed by atoms with van der Waals surface area (Å²) in [5, 5.41) is 31.6. The van der Waals surface area contributed by atoms with Gasteiger partial charge < -0.3 is 20.1 Å². The van der Waals surface area contributed by atoms with Crippen LogP contribution in [0.2, 0.25) is 0 Å². The molecule has 2 aromatic rings. The number of phenols is 2. The van der Waals surface area contributed by atoms with Gasteiger partial charge in [-0.1, -0.05) is 0 Å². The molecular formula is C12H10N2O6S. The van der Waals surface area contributed by atoms with Gasteiger partial charge in [-0.3, -0.25) is 10.1 Å². The maximum Gasteiger partial charge on any atom is 0.355 e. The molecule has 8 nitrogen and oxygen atoms in total. The zero-order valence-corrected chi connectivity index (χ0v) is 11.5. The van der Waals surface area contributed by atoms with Crippen LogP contribution in [-0.2, 0) is 0 Å². The normalized spacial score (nSPS) is 10.1. The first-order valence-electron chi connectivity index (χ1n) is 5.52. The Morgan fingerprint density at radius 1 is 1.29 bits per heavy atom. The van der Waals surface area contributed by atoms with Crippen molar-refractivity contribution in [1.82, 2.24) is 4.98 Å². The third-order valence-corrected chi connectivity index (χ3v) is 3.24. The highest BCUT2D eigenvalue weighted by molar-refractivity contribution is 7.14. The molecule has 0 bridgehead atoms. The number of phenolic OH excluding ortho intramolecular Hbond substituents is 2. The molecule has 0 aliphatic carbocycles. The van der Waals surface area contributed by atoms with Crippen molar-refractivity contribution >= 4 is 28.3 Å². The summed E-state index contributed by atoms with van der Waals surface area (Å²) in [6.07, 6.45) is 0. The van der Waals surface area contributed by atoms with Crippen LogP contribution in [0.25, 0.3) is 0 Å². The summed E-state index contributed by atoms with van der Waals surface area (Å²) < 4.78 is 4.84. The lowest BCUT2D eigenvalue weighted by atomic mass is 10.1. The number of hydrogen-bond acceptors (Lipinski definition) is 7. The van der Waals surface area contributed by atoms with Gasteiger partial charge in [-0.15, -0.1) is 11.3 Å². The van der Waals surface area contributed by atoms with Crippen LogP contribution in [0.3, 0.4) is 0 Å². The van der Waals surface area contributed by atoms with Gasteiger partial charge in [0.1, 0.15) is 5.75 Å². The van der Waals surface area contributed by atoms with Crippen molar-refractivity contribution in [2.75, 3.05) is 12.4 Å². The molecule has 0 radical (unpaired) electrons. The lowest BCUT2D eigenvalue weighted by Crippen LogP contribution is -2.12. The zero-order chi connectivity index (χ0) is 15.6. The van der Waals surface area contributed by atoms with E-state index in [-0.39, 0.29) is 27.9 Å². The van der Waals surface area contributed by atoms with Crippen LogP contribution in [0.15, 0.2) is 17.5 Å². The number of aromatic carboxylic acids is 1. The van der Waals surface area contributed by atoms with Crippen LogP contribution in [0.1, 0.15) is 20.8 Å². The highest BCUT2D eigenvalue weighted by atomic mass is 32.1. The molecule has 0 fully saturated rings. The monoisotopic (exact) mass is 310 g/mol. The number of carbonyl (C=O) groups is 2. The average Bonchev–Trinajstić information content (AvgIpc) is 2.87. The number of rotatable bonds is 4. The van der Waals surface area contributed by atoms with Gasteiger partial charge in [-0.05, 0) is 0 Å². The standard InChI is InChI=1S/C12H10N2O6S/c1-20-9-2-5(7(15)3-8(9)16)10(17)14-12-13-6(4-21-12)11(18)19/h2-4,15-16H,1H3,(H,18,19)(H,13,14,17). The number of anilines is 1. The minimum absolute atomic E-state index is 0.0170. The summed E-state index contributed by atoms with van der Waals surface area (Å²) in [5.74, 6) is -2.66. The molecule has 1 aromatic heterocycles. The molecule has 9 heteroatoms. The van der Waals surface area contributed by atoms with Crippen LogP contribution < -0.4 is 10.1 Å². The van der Waals surface area contributed by atoms with Crippen molar-refractivity contribution < 1.29 is 29.6 Å². The number of carbonyl (C=O) groups excluding carboxylic acids is 1. The third-order valence-electron chi connectivity index (χ3n) is 2.49. The number of thiazole rings is 1. The molecule has 0 spiro atoms. The van der Waals surface area contributed by atoms with Crippen molar-refractivity contribution in [2.24, 2.45) is 0 Å². The first-order chi connectivity index (χ1) is 9.92. The first kappa shape index (κ1) is 14.6. The number of aromatic nitrogens is 1. The van der Waals surface area contributed by atoms with Crippen molar-refractivity contribution in [3.8, 4) is 17.2 Å². The van der Waals surface area contributed by atoms with Crippen LogP contribution >= 0.6 is 11.3 Å². The third kappa shape index (κ3) is 3.03. The zero-order valence-electron chi connectivity index (χ0n) is 10.7. The maximum atomic E-state index is 12.0. The van der Waals surface area contributed by atoms with Gasteiger partial charge in [0, 0.05) is 17.5 Å². The molecule has 0 atom stereocenters. The fraction of sp³-hybridized carbons (Fsp3) is 0.0833. The van der Waals surface area contributed by atoms with Gasteiger partial charge in [0.25, 0.3) is 5.91 Å². The van der Waals surface area contributed by atoms with Gasteiger partial charge in [-0.2, -0.15) is 0 Å². The number of hydrogen-bond donors (Lipinski definition) is 4. The van der Waals surface area contributed by atoms with Gasteiger partial charge in [0.05, 0.1) is 12.7 Å². The Morgan fingerprint density at radius 2 is 2.00 bits per heavy atom. The van der Waals surface area contributed by atoms with Gasteiger partial charge in [-0.25, -0.2) is 9.78 Å². The number of amides is 1. The predicted octanol–water partition coefficient (Wildman–Crippen LogP) is 1.51. The number of nitrogens with one attached hydrogen (secondary N) is 1. The summed E-state index contributed by atoms with van der Waals surface area (Å²) in [4.78, 5) is 26.4. The van der Waals surface area contributed by atoms with E-state index < -0.39 is 17.6 Å². The first-order valence-corrected chi connectivity index (χ1v) is 6.40. The number of ether oxygens (including phenoxy) is 1. The second-order valence-electron chi connectivity index (χ2n) is 3.84. The van der Waals surface area contributed by atoms with Crippen LogP contribution in [-0.4, -0.2) is 39.3 Å². The van der Waals surface area contributed by atoms with E-state index in [0.29, 0.717) is 0 Å². The molecule has 2 rings (SSSR count). The molecule has 0 saturated carbocycles. The molecule has 1 heterocycles. The van der Waals surface area contributed by atoms with Crippen LogP contribution in [0, 0.1) is 0 Å². The highest BCUT2D eigenvalue weighted by Gasteiger charge is 2.18. The van der Waals surface area contributed by atoms with E-state index in [1.54, 1.807) is 0 Å². The average molecular weight is 310 g/mol. The highest BCUT2D eigenvalue weighted by Crippen LogP contribution is 2.33. The number of carboxylic acids is 1. The number of aromatic hydroxyl groups is 2. The largest absolute Gasteiger partial charge is 0.507 e. The van der Waals surface area contributed by atoms with E-state index >= 15 is 0 Å². The number of methoxy groups -OCH3 is 1. The van der Waals surface area contributed by atoms with E-state index in [1.807, 2.05) is 0 Å². The smallest absolute Gasteiger partial charge is 0.355 e. The molecule has 110 valence electrons. The Labute approximate surface area is 122 Å². The fourth-order valence-electron chi connectivity index (χ4n) is 1.50. The van der Waals surface area contributed by atoms with E-state index in [2.05, 4.69) is 10.3 Å². The molecule has 0 saturated heterocycles.